The third kappa shape index (κ3) is 6.52. The van der Waals surface area contributed by atoms with Gasteiger partial charge in [-0.05, 0) is 29.3 Å². The number of sulfonamides is 1. The minimum absolute atomic E-state index is 0.120. The Hall–Kier alpha value is -3.77. The van der Waals surface area contributed by atoms with Gasteiger partial charge in [0.25, 0.3) is 5.91 Å². The van der Waals surface area contributed by atoms with Crippen molar-refractivity contribution in [1.82, 2.24) is 5.32 Å². The number of carboxylic acids is 1. The normalized spacial score (nSPS) is 12.5. The molecule has 0 bridgehead atoms. The molecule has 13 heteroatoms. The number of rotatable bonds is 9. The van der Waals surface area contributed by atoms with Crippen LogP contribution in [0.1, 0.15) is 15.9 Å². The third-order valence-electron chi connectivity index (χ3n) is 5.21. The van der Waals surface area contributed by atoms with E-state index in [1.165, 1.54) is 4.72 Å². The van der Waals surface area contributed by atoms with E-state index >= 15 is 0 Å². The molecule has 1 amide bonds. The van der Waals surface area contributed by atoms with E-state index in [0.29, 0.717) is 11.3 Å². The summed E-state index contributed by atoms with van der Waals surface area (Å²) in [5, 5.41) is 11.3. The van der Waals surface area contributed by atoms with Crippen LogP contribution >= 0.6 is 11.6 Å². The summed E-state index contributed by atoms with van der Waals surface area (Å²) in [5.74, 6) is -1.73. The molecule has 0 spiro atoms. The Balaban J connectivity index is 1.78. The second kappa shape index (κ2) is 11.1. The van der Waals surface area contributed by atoms with Gasteiger partial charge in [0.1, 0.15) is 11.8 Å². The van der Waals surface area contributed by atoms with Crippen molar-refractivity contribution in [2.24, 2.45) is 0 Å². The van der Waals surface area contributed by atoms with Gasteiger partial charge in [-0.3, -0.25) is 9.52 Å². The zero-order valence-electron chi connectivity index (χ0n) is 19.0. The number of methoxy groups -OCH3 is 1. The zero-order chi connectivity index (χ0) is 27.4. The Morgan fingerprint density at radius 2 is 1.68 bits per heavy atom. The maximum absolute atomic E-state index is 12.7. The van der Waals surface area contributed by atoms with Gasteiger partial charge in [0.2, 0.25) is 0 Å². The number of anilines is 1. The van der Waals surface area contributed by atoms with E-state index in [2.05, 4.69) is 5.32 Å². The van der Waals surface area contributed by atoms with Crippen LogP contribution in [0.15, 0.2) is 66.7 Å². The number of halogens is 4. The Morgan fingerprint density at radius 3 is 2.27 bits per heavy atom. The van der Waals surface area contributed by atoms with Crippen LogP contribution in [0.3, 0.4) is 0 Å². The van der Waals surface area contributed by atoms with Crippen LogP contribution in [0.5, 0.6) is 5.75 Å². The van der Waals surface area contributed by atoms with E-state index in [1.54, 1.807) is 37.4 Å². The highest BCUT2D eigenvalue weighted by molar-refractivity contribution is 7.93. The molecule has 0 saturated heterocycles. The Kier molecular flexibility index (Phi) is 8.34. The van der Waals surface area contributed by atoms with Crippen molar-refractivity contribution in [2.45, 2.75) is 18.0 Å². The van der Waals surface area contributed by atoms with E-state index in [-0.39, 0.29) is 6.42 Å². The Labute approximate surface area is 215 Å². The number of carbonyl (C=O) groups excluding carboxylic acids is 1. The maximum Gasteiger partial charge on any atom is 0.516 e. The molecule has 3 aromatic rings. The van der Waals surface area contributed by atoms with Gasteiger partial charge in [-0.1, -0.05) is 60.1 Å². The van der Waals surface area contributed by atoms with Gasteiger partial charge >= 0.3 is 21.5 Å². The van der Waals surface area contributed by atoms with Gasteiger partial charge in [-0.25, -0.2) is 4.79 Å². The first-order chi connectivity index (χ1) is 17.3. The molecule has 0 radical (unpaired) electrons. The van der Waals surface area contributed by atoms with Crippen molar-refractivity contribution in [3.8, 4) is 16.9 Å². The second-order valence-electron chi connectivity index (χ2n) is 7.68. The van der Waals surface area contributed by atoms with Crippen LogP contribution in [-0.4, -0.2) is 44.1 Å². The molecule has 37 heavy (non-hydrogen) atoms. The van der Waals surface area contributed by atoms with Gasteiger partial charge in [-0.2, -0.15) is 21.6 Å². The molecule has 3 N–H and O–H groups in total. The number of aliphatic carboxylic acids is 1. The Morgan fingerprint density at radius 1 is 1.03 bits per heavy atom. The van der Waals surface area contributed by atoms with Gasteiger partial charge in [0.05, 0.1) is 23.4 Å². The summed E-state index contributed by atoms with van der Waals surface area (Å²) >= 11 is 5.97. The molecule has 1 atom stereocenters. The molecule has 0 heterocycles. The molecule has 0 unspecified atom stereocenters. The summed E-state index contributed by atoms with van der Waals surface area (Å²) in [6, 6.07) is 15.9. The molecule has 3 rings (SSSR count). The molecular weight excluding hydrogens is 537 g/mol. The summed E-state index contributed by atoms with van der Waals surface area (Å²) in [6.45, 7) is 0. The fraction of sp³-hybridized carbons (Fsp3) is 0.167. The lowest BCUT2D eigenvalue weighted by molar-refractivity contribution is -0.139. The molecule has 0 fully saturated rings. The van der Waals surface area contributed by atoms with Crippen LogP contribution in [0, 0.1) is 0 Å². The monoisotopic (exact) mass is 556 g/mol. The van der Waals surface area contributed by atoms with Crippen LogP contribution in [0.2, 0.25) is 5.02 Å². The van der Waals surface area contributed by atoms with Crippen molar-refractivity contribution >= 4 is 39.2 Å². The molecule has 196 valence electrons. The molecule has 0 aliphatic heterocycles. The smallest absolute Gasteiger partial charge is 0.496 e. The lowest BCUT2D eigenvalue weighted by atomic mass is 10.00. The molecule has 0 aliphatic carbocycles. The summed E-state index contributed by atoms with van der Waals surface area (Å²) < 4.78 is 67.5. The van der Waals surface area contributed by atoms with Gasteiger partial charge in [0.15, 0.2) is 0 Å². The molecule has 8 nitrogen and oxygen atoms in total. The van der Waals surface area contributed by atoms with Crippen LogP contribution in [0.25, 0.3) is 11.1 Å². The number of ether oxygens (including phenoxy) is 1. The quantitative estimate of drug-likeness (QED) is 0.351. The molecule has 0 aliphatic rings. The highest BCUT2D eigenvalue weighted by Gasteiger charge is 2.46. The largest absolute Gasteiger partial charge is 0.516 e. The fourth-order valence-electron chi connectivity index (χ4n) is 3.36. The van der Waals surface area contributed by atoms with Gasteiger partial charge in [0, 0.05) is 12.0 Å². The van der Waals surface area contributed by atoms with Gasteiger partial charge < -0.3 is 15.2 Å². The van der Waals surface area contributed by atoms with Gasteiger partial charge in [-0.15, -0.1) is 0 Å². The van der Waals surface area contributed by atoms with E-state index in [9.17, 15) is 36.3 Å². The topological polar surface area (TPSA) is 122 Å². The minimum atomic E-state index is -5.79. The number of nitrogens with one attached hydrogen (secondary N) is 2. The highest BCUT2D eigenvalue weighted by atomic mass is 35.5. The van der Waals surface area contributed by atoms with Crippen LogP contribution in [0.4, 0.5) is 18.9 Å². The number of alkyl halides is 3. The SMILES string of the molecule is COc1ccccc1-c1ccc(C[C@@H](NC(=O)c2cccc(NS(=O)(=O)C(F)(F)F)c2Cl)C(=O)O)cc1. The summed E-state index contributed by atoms with van der Waals surface area (Å²) in [6.07, 6.45) is -0.120. The highest BCUT2D eigenvalue weighted by Crippen LogP contribution is 2.32. The van der Waals surface area contributed by atoms with E-state index < -0.39 is 49.7 Å². The number of benzene rings is 3. The Bertz CT molecular complexity index is 1410. The number of hydrogen-bond acceptors (Lipinski definition) is 5. The maximum atomic E-state index is 12.7. The lowest BCUT2D eigenvalue weighted by Crippen LogP contribution is -2.42. The number of amides is 1. The summed E-state index contributed by atoms with van der Waals surface area (Å²) in [5.41, 5.74) is -4.49. The number of carbonyl (C=O) groups is 2. The summed E-state index contributed by atoms with van der Waals surface area (Å²) in [4.78, 5) is 24.5. The average Bonchev–Trinajstić information content (AvgIpc) is 2.84. The number of hydrogen-bond donors (Lipinski definition) is 3. The first-order valence-corrected chi connectivity index (χ1v) is 12.3. The second-order valence-corrected chi connectivity index (χ2v) is 9.74. The van der Waals surface area contributed by atoms with Crippen molar-refractivity contribution < 1.29 is 41.0 Å². The third-order valence-corrected chi connectivity index (χ3v) is 6.71. The standard InChI is InChI=1S/C24H20ClF3N2O6S/c1-36-20-8-3-2-5-16(20)15-11-9-14(10-12-15)13-19(23(32)33)29-22(31)17-6-4-7-18(21(17)25)30-37(34,35)24(26,27)28/h2-12,19,30H,13H2,1H3,(H,29,31)(H,32,33)/t19-/m1/s1. The first kappa shape index (κ1) is 27.8. The van der Waals surface area contributed by atoms with Crippen molar-refractivity contribution in [2.75, 3.05) is 11.8 Å². The van der Waals surface area contributed by atoms with Crippen molar-refractivity contribution in [3.63, 3.8) is 0 Å². The number of carboxylic acid groups (broad SMARTS) is 1. The first-order valence-electron chi connectivity index (χ1n) is 10.5. The predicted octanol–water partition coefficient (Wildman–Crippen LogP) is 4.70. The van der Waals surface area contributed by atoms with E-state index in [0.717, 1.165) is 29.3 Å². The van der Waals surface area contributed by atoms with E-state index in [1.807, 2.05) is 18.2 Å². The van der Waals surface area contributed by atoms with Crippen molar-refractivity contribution in [3.05, 3.63) is 82.9 Å². The van der Waals surface area contributed by atoms with Crippen LogP contribution in [-0.2, 0) is 21.2 Å². The van der Waals surface area contributed by atoms with E-state index in [4.69, 9.17) is 16.3 Å². The minimum Gasteiger partial charge on any atom is -0.496 e. The lowest BCUT2D eigenvalue weighted by Gasteiger charge is -2.17. The molecule has 3 aromatic carbocycles. The fourth-order valence-corrected chi connectivity index (χ4v) is 4.25. The van der Waals surface area contributed by atoms with Crippen LogP contribution < -0.4 is 14.8 Å². The molecule has 0 saturated carbocycles. The zero-order valence-corrected chi connectivity index (χ0v) is 20.6. The van der Waals surface area contributed by atoms with Crippen molar-refractivity contribution in [1.29, 1.82) is 0 Å². The molecule has 0 aromatic heterocycles. The predicted molar refractivity (Wildman–Crippen MR) is 131 cm³/mol. The summed E-state index contributed by atoms with van der Waals surface area (Å²) in [7, 11) is -4.25. The number of para-hydroxylation sites is 1. The average molecular weight is 557 g/mol. The molecular formula is C24H20ClF3N2O6S.